The maximum Gasteiger partial charge on any atom is 0.264 e. The van der Waals surface area contributed by atoms with Gasteiger partial charge in [-0.2, -0.15) is 5.10 Å². The van der Waals surface area contributed by atoms with Crippen molar-refractivity contribution in [3.63, 3.8) is 0 Å². The van der Waals surface area contributed by atoms with E-state index in [-0.39, 0.29) is 11.9 Å². The van der Waals surface area contributed by atoms with Crippen molar-refractivity contribution < 1.29 is 4.79 Å². The van der Waals surface area contributed by atoms with Gasteiger partial charge in [-0.05, 0) is 56.2 Å². The number of rotatable bonds is 3. The molecule has 3 heterocycles. The Morgan fingerprint density at radius 3 is 3.09 bits per heavy atom. The topological polar surface area (TPSA) is 38.1 Å². The van der Waals surface area contributed by atoms with E-state index in [2.05, 4.69) is 16.1 Å². The summed E-state index contributed by atoms with van der Waals surface area (Å²) in [6.45, 7) is 1.69. The number of carbonyl (C=O) groups is 1. The molecular weight excluding hydrogens is 294 g/mol. The van der Waals surface area contributed by atoms with E-state index in [1.165, 1.54) is 23.3 Å². The van der Waals surface area contributed by atoms with Gasteiger partial charge in [-0.15, -0.1) is 11.3 Å². The predicted octanol–water partition coefficient (Wildman–Crippen LogP) is 3.13. The minimum absolute atomic E-state index is 0.233. The van der Waals surface area contributed by atoms with Gasteiger partial charge in [0.1, 0.15) is 0 Å². The molecule has 1 aliphatic heterocycles. The number of aryl methyl sites for hydroxylation is 2. The second kappa shape index (κ2) is 5.88. The number of nitrogens with zero attached hydrogens (tertiary/aromatic N) is 3. The third kappa shape index (κ3) is 2.58. The average molecular weight is 315 g/mol. The van der Waals surface area contributed by atoms with Crippen molar-refractivity contribution in [2.24, 2.45) is 0 Å². The van der Waals surface area contributed by atoms with Crippen molar-refractivity contribution in [3.05, 3.63) is 39.8 Å². The van der Waals surface area contributed by atoms with Crippen molar-refractivity contribution in [2.45, 2.75) is 51.1 Å². The zero-order valence-corrected chi connectivity index (χ0v) is 13.5. The summed E-state index contributed by atoms with van der Waals surface area (Å²) >= 11 is 1.72. The molecule has 4 nitrogen and oxygen atoms in total. The molecule has 2 aromatic rings. The Morgan fingerprint density at radius 1 is 1.32 bits per heavy atom. The van der Waals surface area contributed by atoms with Crippen molar-refractivity contribution in [3.8, 4) is 0 Å². The van der Waals surface area contributed by atoms with Crippen LogP contribution in [0.4, 0.5) is 0 Å². The van der Waals surface area contributed by atoms with Gasteiger partial charge >= 0.3 is 0 Å². The molecule has 1 saturated heterocycles. The summed E-state index contributed by atoms with van der Waals surface area (Å²) in [6.07, 6.45) is 10.7. The molecule has 1 amide bonds. The van der Waals surface area contributed by atoms with Gasteiger partial charge in [0.2, 0.25) is 0 Å². The van der Waals surface area contributed by atoms with Gasteiger partial charge in [-0.25, -0.2) is 0 Å². The lowest BCUT2D eigenvalue weighted by atomic mass is 10.0. The molecule has 0 N–H and O–H groups in total. The average Bonchev–Trinajstić information content (AvgIpc) is 3.23. The Kier molecular flexibility index (Phi) is 3.74. The lowest BCUT2D eigenvalue weighted by Gasteiger charge is -2.35. The Labute approximate surface area is 134 Å². The molecule has 1 fully saturated rings. The molecule has 0 spiro atoms. The zero-order chi connectivity index (χ0) is 14.9. The van der Waals surface area contributed by atoms with Gasteiger partial charge in [-0.3, -0.25) is 9.48 Å². The third-order valence-corrected chi connectivity index (χ3v) is 6.03. The molecular formula is C17H21N3OS. The van der Waals surface area contributed by atoms with Crippen LogP contribution in [-0.4, -0.2) is 33.2 Å². The first kappa shape index (κ1) is 14.0. The number of aromatic nitrogens is 2. The number of fused-ring (bicyclic) bond motifs is 1. The second-order valence-electron chi connectivity index (χ2n) is 6.29. The number of hydrogen-bond acceptors (Lipinski definition) is 3. The number of amides is 1. The number of carbonyl (C=O) groups excluding carboxylic acids is 1. The highest BCUT2D eigenvalue weighted by atomic mass is 32.1. The van der Waals surface area contributed by atoms with Crippen LogP contribution in [0.2, 0.25) is 0 Å². The van der Waals surface area contributed by atoms with Crippen molar-refractivity contribution >= 4 is 17.2 Å². The molecule has 4 rings (SSSR count). The number of hydrogen-bond donors (Lipinski definition) is 0. The summed E-state index contributed by atoms with van der Waals surface area (Å²) in [7, 11) is 0. The van der Waals surface area contributed by atoms with Gasteiger partial charge < -0.3 is 4.90 Å². The molecule has 1 unspecified atom stereocenters. The molecule has 1 atom stereocenters. The Morgan fingerprint density at radius 2 is 2.27 bits per heavy atom. The summed E-state index contributed by atoms with van der Waals surface area (Å²) in [6, 6.07) is 4.37. The first-order valence-electron chi connectivity index (χ1n) is 8.21. The highest BCUT2D eigenvalue weighted by Gasteiger charge is 2.29. The smallest absolute Gasteiger partial charge is 0.264 e. The number of likely N-dealkylation sites (tertiary alicyclic amines) is 1. The lowest BCUT2D eigenvalue weighted by molar-refractivity contribution is 0.0589. The largest absolute Gasteiger partial charge is 0.333 e. The maximum atomic E-state index is 13.0. The Balaban J connectivity index is 1.53. The third-order valence-electron chi connectivity index (χ3n) is 4.80. The second-order valence-corrected chi connectivity index (χ2v) is 7.43. The van der Waals surface area contributed by atoms with Crippen LogP contribution >= 0.6 is 11.3 Å². The fourth-order valence-corrected chi connectivity index (χ4v) is 4.87. The van der Waals surface area contributed by atoms with Crippen LogP contribution < -0.4 is 0 Å². The van der Waals surface area contributed by atoms with Gasteiger partial charge in [0.25, 0.3) is 5.91 Å². The Hall–Kier alpha value is -1.62. The normalized spacial score (nSPS) is 21.1. The van der Waals surface area contributed by atoms with Crippen molar-refractivity contribution in [1.29, 1.82) is 0 Å². The summed E-state index contributed by atoms with van der Waals surface area (Å²) in [5, 5.41) is 4.30. The van der Waals surface area contributed by atoms with Crippen LogP contribution in [0.3, 0.4) is 0 Å². The summed E-state index contributed by atoms with van der Waals surface area (Å²) in [5.41, 5.74) is 1.41. The van der Waals surface area contributed by atoms with E-state index in [9.17, 15) is 4.79 Å². The first-order chi connectivity index (χ1) is 10.8. The molecule has 0 bridgehead atoms. The van der Waals surface area contributed by atoms with E-state index in [0.29, 0.717) is 0 Å². The maximum absolute atomic E-state index is 13.0. The molecule has 0 saturated carbocycles. The van der Waals surface area contributed by atoms with Crippen LogP contribution in [0.15, 0.2) is 24.5 Å². The molecule has 5 heteroatoms. The van der Waals surface area contributed by atoms with Crippen molar-refractivity contribution in [2.75, 3.05) is 6.54 Å². The monoisotopic (exact) mass is 315 g/mol. The van der Waals surface area contributed by atoms with E-state index in [4.69, 9.17) is 0 Å². The lowest BCUT2D eigenvalue weighted by Crippen LogP contribution is -2.45. The van der Waals surface area contributed by atoms with E-state index < -0.39 is 0 Å². The summed E-state index contributed by atoms with van der Waals surface area (Å²) in [4.78, 5) is 17.4. The Bertz CT molecular complexity index is 640. The predicted molar refractivity (Wildman–Crippen MR) is 87.2 cm³/mol. The SMILES string of the molecule is O=C(c1cc2c(s1)CCC2)N1CCCCC1Cn1cccn1. The summed E-state index contributed by atoms with van der Waals surface area (Å²) < 4.78 is 1.95. The zero-order valence-electron chi connectivity index (χ0n) is 12.7. The highest BCUT2D eigenvalue weighted by Crippen LogP contribution is 2.32. The number of piperidine rings is 1. The van der Waals surface area contributed by atoms with E-state index in [1.807, 2.05) is 16.9 Å². The summed E-state index contributed by atoms with van der Waals surface area (Å²) in [5.74, 6) is 0.233. The molecule has 1 aliphatic carbocycles. The fourth-order valence-electron chi connectivity index (χ4n) is 3.66. The van der Waals surface area contributed by atoms with Crippen LogP contribution in [0.25, 0.3) is 0 Å². The van der Waals surface area contributed by atoms with Gasteiger partial charge in [0.05, 0.1) is 17.5 Å². The quantitative estimate of drug-likeness (QED) is 0.873. The molecule has 2 aliphatic rings. The minimum atomic E-state index is 0.233. The van der Waals surface area contributed by atoms with Crippen LogP contribution in [0.1, 0.15) is 45.8 Å². The number of thiophene rings is 1. The van der Waals surface area contributed by atoms with Gasteiger partial charge in [0.15, 0.2) is 0 Å². The van der Waals surface area contributed by atoms with E-state index in [1.54, 1.807) is 17.5 Å². The molecule has 0 radical (unpaired) electrons. The standard InChI is InChI=1S/C17H21N3OS/c21-17(16-11-13-5-3-7-15(13)22-16)20-10-2-1-6-14(20)12-19-9-4-8-18-19/h4,8-9,11,14H,1-3,5-7,10,12H2. The molecule has 2 aromatic heterocycles. The van der Waals surface area contributed by atoms with E-state index >= 15 is 0 Å². The molecule has 22 heavy (non-hydrogen) atoms. The van der Waals surface area contributed by atoms with Crippen LogP contribution in [-0.2, 0) is 19.4 Å². The molecule has 116 valence electrons. The minimum Gasteiger partial charge on any atom is -0.333 e. The van der Waals surface area contributed by atoms with E-state index in [0.717, 1.165) is 43.6 Å². The van der Waals surface area contributed by atoms with Gasteiger partial charge in [-0.1, -0.05) is 0 Å². The fraction of sp³-hybridized carbons (Fsp3) is 0.529. The highest BCUT2D eigenvalue weighted by molar-refractivity contribution is 7.14. The van der Waals surface area contributed by atoms with Crippen LogP contribution in [0.5, 0.6) is 0 Å². The van der Waals surface area contributed by atoms with Crippen LogP contribution in [0, 0.1) is 0 Å². The van der Waals surface area contributed by atoms with Gasteiger partial charge in [0, 0.05) is 23.8 Å². The van der Waals surface area contributed by atoms with Crippen molar-refractivity contribution in [1.82, 2.24) is 14.7 Å². The molecule has 0 aromatic carbocycles. The first-order valence-corrected chi connectivity index (χ1v) is 9.03.